The van der Waals surface area contributed by atoms with Crippen molar-refractivity contribution in [3.63, 3.8) is 0 Å². The van der Waals surface area contributed by atoms with Crippen LogP contribution < -0.4 is 32.1 Å². The maximum absolute atomic E-state index is 12.7. The minimum absolute atomic E-state index is 0.00757. The molecule has 0 aliphatic carbocycles. The Morgan fingerprint density at radius 1 is 1.06 bits per heavy atom. The largest absolute Gasteiger partial charge is 0.369 e. The van der Waals surface area contributed by atoms with Crippen LogP contribution in [-0.2, 0) is 11.3 Å². The Bertz CT molecular complexity index is 741. The summed E-state index contributed by atoms with van der Waals surface area (Å²) in [5.41, 5.74) is 8.19. The van der Waals surface area contributed by atoms with Crippen LogP contribution >= 0.6 is 0 Å². The maximum atomic E-state index is 12.7. The summed E-state index contributed by atoms with van der Waals surface area (Å²) in [5.74, 6) is -0.206. The number of hydrogen-bond acceptors (Lipinski definition) is 8. The molecule has 3 saturated heterocycles. The monoisotopic (exact) mass is 444 g/mol. The summed E-state index contributed by atoms with van der Waals surface area (Å²) in [6, 6.07) is 9.42. The predicted octanol–water partition coefficient (Wildman–Crippen LogP) is 0.0442. The van der Waals surface area contributed by atoms with Crippen molar-refractivity contribution in [2.75, 3.05) is 38.0 Å². The second-order valence-electron chi connectivity index (χ2n) is 9.72. The Balaban J connectivity index is 1.47. The first-order chi connectivity index (χ1) is 15.4. The van der Waals surface area contributed by atoms with E-state index in [2.05, 4.69) is 93.9 Å². The highest BCUT2D eigenvalue weighted by molar-refractivity contribution is 5.81. The number of anilines is 1. The topological polar surface area (TPSA) is 95.7 Å². The summed E-state index contributed by atoms with van der Waals surface area (Å²) in [6.07, 6.45) is -0.194. The highest BCUT2D eigenvalue weighted by atomic mass is 16.2. The molecule has 9 heteroatoms. The quantitative estimate of drug-likeness (QED) is 0.351. The van der Waals surface area contributed by atoms with E-state index in [1.54, 1.807) is 0 Å². The molecule has 0 aromatic heterocycles. The molecule has 6 N–H and O–H groups in total. The van der Waals surface area contributed by atoms with Gasteiger partial charge in [-0.3, -0.25) is 30.7 Å². The molecule has 0 saturated carbocycles. The molecule has 3 heterocycles. The third kappa shape index (κ3) is 5.41. The number of hydrogen-bond donors (Lipinski definition) is 6. The fraction of sp³-hybridized carbons (Fsp3) is 0.696. The first-order valence-corrected chi connectivity index (χ1v) is 12.0. The molecule has 0 bridgehead atoms. The van der Waals surface area contributed by atoms with Gasteiger partial charge in [0, 0.05) is 63.1 Å². The molecular formula is C23H40N8O. The van der Waals surface area contributed by atoms with Crippen LogP contribution in [0.2, 0.25) is 0 Å². The molecule has 3 fully saturated rings. The Labute approximate surface area is 192 Å². The van der Waals surface area contributed by atoms with Crippen molar-refractivity contribution in [1.29, 1.82) is 0 Å². The van der Waals surface area contributed by atoms with Crippen molar-refractivity contribution in [2.45, 2.75) is 64.8 Å². The zero-order valence-corrected chi connectivity index (χ0v) is 19.8. The number of fused-ring (bicyclic) bond motifs is 1. The second kappa shape index (κ2) is 10.5. The van der Waals surface area contributed by atoms with E-state index in [1.165, 1.54) is 5.56 Å². The van der Waals surface area contributed by atoms with Gasteiger partial charge < -0.3 is 10.6 Å². The number of amides is 1. The van der Waals surface area contributed by atoms with E-state index in [0.29, 0.717) is 18.6 Å². The summed E-state index contributed by atoms with van der Waals surface area (Å²) in [4.78, 5) is 17.6. The van der Waals surface area contributed by atoms with Crippen LogP contribution in [-0.4, -0.2) is 79.0 Å². The van der Waals surface area contributed by atoms with E-state index in [4.69, 9.17) is 0 Å². The summed E-state index contributed by atoms with van der Waals surface area (Å²) < 4.78 is 0. The van der Waals surface area contributed by atoms with Gasteiger partial charge in [-0.05, 0) is 45.4 Å². The molecule has 9 nitrogen and oxygen atoms in total. The average Bonchev–Trinajstić information content (AvgIpc) is 2.75. The minimum Gasteiger partial charge on any atom is -0.369 e. The standard InChI is InChI=1S/C23H40N8O/c1-15(2)31(16(3)4)23-27-19-13-25-29-22(32)20(19)21(28-23)26-18-7-5-17(6-8-18)14-30-11-9-24-10-12-30/h5-8,15-16,19-21,23-28H,9-14H2,1-4H3,(H,29,32). The number of nitrogens with one attached hydrogen (secondary N) is 6. The lowest BCUT2D eigenvalue weighted by Gasteiger charge is -2.50. The molecule has 0 spiro atoms. The normalized spacial score (nSPS) is 29.3. The SMILES string of the molecule is CC(C)N(C(C)C)C1NC2CNNC(=O)C2C(Nc2ccc(CN3CCNCC3)cc2)N1. The van der Waals surface area contributed by atoms with Crippen LogP contribution in [0.5, 0.6) is 0 Å². The number of benzene rings is 1. The number of rotatable bonds is 7. The van der Waals surface area contributed by atoms with Crippen LogP contribution in [0.4, 0.5) is 5.69 Å². The van der Waals surface area contributed by atoms with E-state index < -0.39 is 0 Å². The summed E-state index contributed by atoms with van der Waals surface area (Å²) in [5, 5.41) is 14.4. The van der Waals surface area contributed by atoms with E-state index >= 15 is 0 Å². The summed E-state index contributed by atoms with van der Waals surface area (Å²) in [7, 11) is 0. The van der Waals surface area contributed by atoms with Crippen molar-refractivity contribution in [2.24, 2.45) is 5.92 Å². The summed E-state index contributed by atoms with van der Waals surface area (Å²) in [6.45, 7) is 14.8. The molecule has 4 atom stereocenters. The van der Waals surface area contributed by atoms with Crippen LogP contribution in [0.25, 0.3) is 0 Å². The third-order valence-corrected chi connectivity index (χ3v) is 6.72. The molecule has 3 aliphatic rings. The van der Waals surface area contributed by atoms with Gasteiger partial charge in [-0.15, -0.1) is 0 Å². The number of carbonyl (C=O) groups excluding carboxylic acids is 1. The number of hydrazine groups is 1. The van der Waals surface area contributed by atoms with Crippen molar-refractivity contribution < 1.29 is 4.79 Å². The predicted molar refractivity (Wildman–Crippen MR) is 128 cm³/mol. The zero-order chi connectivity index (χ0) is 22.7. The number of nitrogens with zero attached hydrogens (tertiary/aromatic N) is 2. The van der Waals surface area contributed by atoms with Gasteiger partial charge in [-0.1, -0.05) is 12.1 Å². The molecule has 1 aromatic rings. The van der Waals surface area contributed by atoms with Gasteiger partial charge >= 0.3 is 0 Å². The lowest BCUT2D eigenvalue weighted by molar-refractivity contribution is -0.133. The van der Waals surface area contributed by atoms with Crippen molar-refractivity contribution in [3.8, 4) is 0 Å². The minimum atomic E-state index is -0.214. The van der Waals surface area contributed by atoms with Gasteiger partial charge in [-0.25, -0.2) is 5.43 Å². The van der Waals surface area contributed by atoms with Gasteiger partial charge in [-0.2, -0.15) is 0 Å². The van der Waals surface area contributed by atoms with Gasteiger partial charge in [0.05, 0.1) is 12.1 Å². The Hall–Kier alpha value is -1.75. The van der Waals surface area contributed by atoms with Gasteiger partial charge in [0.2, 0.25) is 5.91 Å². The van der Waals surface area contributed by atoms with Gasteiger partial charge in [0.1, 0.15) is 6.29 Å². The first kappa shape index (κ1) is 23.4. The van der Waals surface area contributed by atoms with Crippen molar-refractivity contribution >= 4 is 11.6 Å². The maximum Gasteiger partial charge on any atom is 0.242 e. The highest BCUT2D eigenvalue weighted by Gasteiger charge is 2.45. The molecule has 178 valence electrons. The Morgan fingerprint density at radius 3 is 2.41 bits per heavy atom. The fourth-order valence-corrected chi connectivity index (χ4v) is 5.22. The van der Waals surface area contributed by atoms with Crippen molar-refractivity contribution in [1.82, 2.24) is 36.6 Å². The van der Waals surface area contributed by atoms with Gasteiger partial charge in [0.25, 0.3) is 0 Å². The fourth-order valence-electron chi connectivity index (χ4n) is 5.22. The van der Waals surface area contributed by atoms with E-state index in [1.807, 2.05) is 0 Å². The molecular weight excluding hydrogens is 404 g/mol. The lowest BCUT2D eigenvalue weighted by atomic mass is 9.91. The Morgan fingerprint density at radius 2 is 1.75 bits per heavy atom. The third-order valence-electron chi connectivity index (χ3n) is 6.72. The van der Waals surface area contributed by atoms with E-state index in [-0.39, 0.29) is 30.3 Å². The molecule has 32 heavy (non-hydrogen) atoms. The van der Waals surface area contributed by atoms with Crippen LogP contribution in [0.15, 0.2) is 24.3 Å². The van der Waals surface area contributed by atoms with Crippen LogP contribution in [0.3, 0.4) is 0 Å². The number of carbonyl (C=O) groups is 1. The van der Waals surface area contributed by atoms with Crippen molar-refractivity contribution in [3.05, 3.63) is 29.8 Å². The zero-order valence-electron chi connectivity index (χ0n) is 19.8. The molecule has 3 aliphatic heterocycles. The van der Waals surface area contributed by atoms with Gasteiger partial charge in [0.15, 0.2) is 0 Å². The second-order valence-corrected chi connectivity index (χ2v) is 9.72. The molecule has 0 radical (unpaired) electrons. The van der Waals surface area contributed by atoms with Crippen LogP contribution in [0.1, 0.15) is 33.3 Å². The smallest absolute Gasteiger partial charge is 0.242 e. The molecule has 4 unspecified atom stereocenters. The Kier molecular flexibility index (Phi) is 7.65. The van der Waals surface area contributed by atoms with E-state index in [0.717, 1.165) is 38.4 Å². The molecule has 1 amide bonds. The average molecular weight is 445 g/mol. The number of piperazine rings is 1. The van der Waals surface area contributed by atoms with Crippen LogP contribution in [0, 0.1) is 5.92 Å². The lowest BCUT2D eigenvalue weighted by Crippen LogP contribution is -2.77. The summed E-state index contributed by atoms with van der Waals surface area (Å²) >= 11 is 0. The van der Waals surface area contributed by atoms with E-state index in [9.17, 15) is 4.79 Å². The molecule has 1 aromatic carbocycles. The molecule has 4 rings (SSSR count). The first-order valence-electron chi connectivity index (χ1n) is 12.0. The highest BCUT2D eigenvalue weighted by Crippen LogP contribution is 2.23.